The van der Waals surface area contributed by atoms with Gasteiger partial charge in [-0.3, -0.25) is 0 Å². The maximum absolute atomic E-state index is 13.4. The molecule has 0 saturated carbocycles. The Morgan fingerprint density at radius 3 is 2.89 bits per heavy atom. The fourth-order valence-corrected chi connectivity index (χ4v) is 1.98. The number of rotatable bonds is 1. The van der Waals surface area contributed by atoms with Crippen molar-refractivity contribution in [1.29, 1.82) is 0 Å². The summed E-state index contributed by atoms with van der Waals surface area (Å²) < 4.78 is 26.1. The Bertz CT molecular complexity index is 453. The maximum atomic E-state index is 13.4. The summed E-state index contributed by atoms with van der Waals surface area (Å²) in [5.41, 5.74) is 5.73. The van der Waals surface area contributed by atoms with Crippen molar-refractivity contribution in [2.24, 2.45) is 5.73 Å². The quantitative estimate of drug-likeness (QED) is 0.805. The first-order chi connectivity index (χ1) is 8.56. The predicted molar refractivity (Wildman–Crippen MR) is 64.2 cm³/mol. The van der Waals surface area contributed by atoms with Gasteiger partial charge in [-0.05, 0) is 25.0 Å². The Balaban J connectivity index is 2.02. The van der Waals surface area contributed by atoms with Gasteiger partial charge in [0.1, 0.15) is 11.6 Å². The van der Waals surface area contributed by atoms with Crippen LogP contribution in [0, 0.1) is 11.6 Å². The van der Waals surface area contributed by atoms with Crippen LogP contribution in [0.1, 0.15) is 12.8 Å². The molecule has 0 radical (unpaired) electrons. The number of nitrogens with one attached hydrogen (secondary N) is 1. The Labute approximate surface area is 104 Å². The first-order valence-corrected chi connectivity index (χ1v) is 5.83. The van der Waals surface area contributed by atoms with Crippen molar-refractivity contribution >= 4 is 11.7 Å². The van der Waals surface area contributed by atoms with Crippen LogP contribution in [-0.4, -0.2) is 30.1 Å². The minimum Gasteiger partial charge on any atom is -0.326 e. The fraction of sp³-hybridized carbons (Fsp3) is 0.417. The molecule has 0 aliphatic carbocycles. The summed E-state index contributed by atoms with van der Waals surface area (Å²) in [6.45, 7) is 1.05. The largest absolute Gasteiger partial charge is 0.326 e. The SMILES string of the molecule is NC1CCCN(C(=O)Nc2ccc(F)cc2F)C1. The molecule has 98 valence electrons. The number of halogens is 2. The number of likely N-dealkylation sites (tertiary alicyclic amines) is 1. The molecular formula is C12H15F2N3O. The molecule has 2 rings (SSSR count). The van der Waals surface area contributed by atoms with Gasteiger partial charge < -0.3 is 16.0 Å². The van der Waals surface area contributed by atoms with Crippen LogP contribution in [0.25, 0.3) is 0 Å². The van der Waals surface area contributed by atoms with Crippen LogP contribution in [0.5, 0.6) is 0 Å². The first kappa shape index (κ1) is 12.8. The van der Waals surface area contributed by atoms with Crippen molar-refractivity contribution in [3.8, 4) is 0 Å². The van der Waals surface area contributed by atoms with Gasteiger partial charge in [0, 0.05) is 25.2 Å². The van der Waals surface area contributed by atoms with Gasteiger partial charge in [0.25, 0.3) is 0 Å². The molecule has 2 amide bonds. The summed E-state index contributed by atoms with van der Waals surface area (Å²) in [6, 6.07) is 2.59. The molecule has 18 heavy (non-hydrogen) atoms. The summed E-state index contributed by atoms with van der Waals surface area (Å²) in [5, 5.41) is 2.42. The third-order valence-corrected chi connectivity index (χ3v) is 2.92. The summed E-state index contributed by atoms with van der Waals surface area (Å²) in [4.78, 5) is 13.4. The molecular weight excluding hydrogens is 240 g/mol. The number of amides is 2. The van der Waals surface area contributed by atoms with E-state index in [-0.39, 0.29) is 11.7 Å². The summed E-state index contributed by atoms with van der Waals surface area (Å²) in [5.74, 6) is -1.46. The molecule has 1 aliphatic heterocycles. The third kappa shape index (κ3) is 2.95. The number of nitrogens with two attached hydrogens (primary N) is 1. The van der Waals surface area contributed by atoms with E-state index in [0.29, 0.717) is 13.1 Å². The van der Waals surface area contributed by atoms with Crippen molar-refractivity contribution in [3.05, 3.63) is 29.8 Å². The lowest BCUT2D eigenvalue weighted by atomic mass is 10.1. The average molecular weight is 255 g/mol. The molecule has 0 bridgehead atoms. The zero-order valence-electron chi connectivity index (χ0n) is 9.83. The number of nitrogens with zero attached hydrogens (tertiary/aromatic N) is 1. The smallest absolute Gasteiger partial charge is 0.321 e. The Morgan fingerprint density at radius 2 is 2.22 bits per heavy atom. The molecule has 0 aromatic heterocycles. The van der Waals surface area contributed by atoms with E-state index in [2.05, 4.69) is 5.32 Å². The van der Waals surface area contributed by atoms with E-state index in [1.165, 1.54) is 11.0 Å². The van der Waals surface area contributed by atoms with Gasteiger partial charge in [-0.15, -0.1) is 0 Å². The molecule has 1 aromatic carbocycles. The van der Waals surface area contributed by atoms with Crippen molar-refractivity contribution in [2.45, 2.75) is 18.9 Å². The zero-order valence-corrected chi connectivity index (χ0v) is 9.83. The summed E-state index contributed by atoms with van der Waals surface area (Å²) >= 11 is 0. The van der Waals surface area contributed by atoms with Gasteiger partial charge in [0.15, 0.2) is 0 Å². The van der Waals surface area contributed by atoms with Crippen LogP contribution < -0.4 is 11.1 Å². The minimum absolute atomic E-state index is 0.0273. The number of carbonyl (C=O) groups is 1. The van der Waals surface area contributed by atoms with Gasteiger partial charge >= 0.3 is 6.03 Å². The molecule has 1 heterocycles. The highest BCUT2D eigenvalue weighted by atomic mass is 19.1. The van der Waals surface area contributed by atoms with Gasteiger partial charge in [0.05, 0.1) is 5.69 Å². The van der Waals surface area contributed by atoms with Crippen molar-refractivity contribution in [2.75, 3.05) is 18.4 Å². The number of piperidine rings is 1. The van der Waals surface area contributed by atoms with Gasteiger partial charge in [-0.1, -0.05) is 0 Å². The van der Waals surface area contributed by atoms with Crippen LogP contribution in [0.2, 0.25) is 0 Å². The molecule has 1 aromatic rings. The fourth-order valence-electron chi connectivity index (χ4n) is 1.98. The first-order valence-electron chi connectivity index (χ1n) is 5.83. The molecule has 1 saturated heterocycles. The molecule has 1 fully saturated rings. The number of urea groups is 1. The highest BCUT2D eigenvalue weighted by Crippen LogP contribution is 2.16. The highest BCUT2D eigenvalue weighted by molar-refractivity contribution is 5.89. The van der Waals surface area contributed by atoms with E-state index in [4.69, 9.17) is 5.73 Å². The maximum Gasteiger partial charge on any atom is 0.321 e. The standard InChI is InChI=1S/C12H15F2N3O/c13-8-3-4-11(10(14)6-8)16-12(18)17-5-1-2-9(15)7-17/h3-4,6,9H,1-2,5,7,15H2,(H,16,18). The van der Waals surface area contributed by atoms with Gasteiger partial charge in [0.2, 0.25) is 0 Å². The lowest BCUT2D eigenvalue weighted by Gasteiger charge is -2.30. The topological polar surface area (TPSA) is 58.4 Å². The number of benzene rings is 1. The number of carbonyl (C=O) groups excluding carboxylic acids is 1. The molecule has 0 spiro atoms. The van der Waals surface area contributed by atoms with Crippen LogP contribution in [0.15, 0.2) is 18.2 Å². The second-order valence-electron chi connectivity index (χ2n) is 4.40. The van der Waals surface area contributed by atoms with E-state index < -0.39 is 17.7 Å². The minimum atomic E-state index is -0.787. The van der Waals surface area contributed by atoms with E-state index in [9.17, 15) is 13.6 Å². The van der Waals surface area contributed by atoms with Crippen LogP contribution in [0.4, 0.5) is 19.3 Å². The van der Waals surface area contributed by atoms with E-state index in [1.54, 1.807) is 0 Å². The number of hydrogen-bond acceptors (Lipinski definition) is 2. The molecule has 4 nitrogen and oxygen atoms in total. The highest BCUT2D eigenvalue weighted by Gasteiger charge is 2.21. The normalized spacial score (nSPS) is 19.7. The molecule has 1 unspecified atom stereocenters. The van der Waals surface area contributed by atoms with E-state index >= 15 is 0 Å². The molecule has 1 aliphatic rings. The van der Waals surface area contributed by atoms with Crippen molar-refractivity contribution in [1.82, 2.24) is 4.90 Å². The van der Waals surface area contributed by atoms with Crippen LogP contribution in [-0.2, 0) is 0 Å². The van der Waals surface area contributed by atoms with Crippen molar-refractivity contribution in [3.63, 3.8) is 0 Å². The summed E-state index contributed by atoms with van der Waals surface area (Å²) in [7, 11) is 0. The molecule has 3 N–H and O–H groups in total. The Hall–Kier alpha value is -1.69. The van der Waals surface area contributed by atoms with Crippen LogP contribution >= 0.6 is 0 Å². The lowest BCUT2D eigenvalue weighted by Crippen LogP contribution is -2.47. The Morgan fingerprint density at radius 1 is 1.44 bits per heavy atom. The van der Waals surface area contributed by atoms with Gasteiger partial charge in [-0.25, -0.2) is 13.6 Å². The monoisotopic (exact) mass is 255 g/mol. The molecule has 6 heteroatoms. The van der Waals surface area contributed by atoms with E-state index in [0.717, 1.165) is 25.0 Å². The zero-order chi connectivity index (χ0) is 13.1. The van der Waals surface area contributed by atoms with Crippen molar-refractivity contribution < 1.29 is 13.6 Å². The second kappa shape index (κ2) is 5.30. The lowest BCUT2D eigenvalue weighted by molar-refractivity contribution is 0.193. The number of anilines is 1. The second-order valence-corrected chi connectivity index (χ2v) is 4.40. The summed E-state index contributed by atoms with van der Waals surface area (Å²) in [6.07, 6.45) is 1.72. The average Bonchev–Trinajstić information content (AvgIpc) is 2.32. The Kier molecular flexibility index (Phi) is 3.76. The van der Waals surface area contributed by atoms with Gasteiger partial charge in [-0.2, -0.15) is 0 Å². The predicted octanol–water partition coefficient (Wildman–Crippen LogP) is 1.92. The van der Waals surface area contributed by atoms with E-state index in [1.807, 2.05) is 0 Å². The van der Waals surface area contributed by atoms with Crippen LogP contribution in [0.3, 0.4) is 0 Å². The number of hydrogen-bond donors (Lipinski definition) is 2. The molecule has 1 atom stereocenters. The third-order valence-electron chi connectivity index (χ3n) is 2.92.